The molecule has 5 heteroatoms. The molecule has 1 saturated heterocycles. The molecule has 0 aromatic carbocycles. The summed E-state index contributed by atoms with van der Waals surface area (Å²) in [4.78, 5) is 22.2. The zero-order valence-electron chi connectivity index (χ0n) is 8.16. The predicted molar refractivity (Wildman–Crippen MR) is 55.3 cm³/mol. The average molecular weight is 217 g/mol. The largest absolute Gasteiger partial charge is 0.480 e. The molecule has 80 valence electrons. The Labute approximate surface area is 87.4 Å². The van der Waals surface area contributed by atoms with Crippen molar-refractivity contribution in [1.29, 1.82) is 0 Å². The first-order chi connectivity index (χ1) is 6.65. The van der Waals surface area contributed by atoms with Crippen LogP contribution < -0.4 is 5.32 Å². The van der Waals surface area contributed by atoms with Crippen LogP contribution in [0.2, 0.25) is 0 Å². The maximum absolute atomic E-state index is 11.5. The minimum atomic E-state index is -0.952. The molecule has 0 radical (unpaired) electrons. The SMILES string of the molecule is CC[C@@H](NC(=O)C1CCSC1)C(=O)O. The summed E-state index contributed by atoms with van der Waals surface area (Å²) in [5, 5.41) is 11.3. The number of hydrogen-bond acceptors (Lipinski definition) is 3. The highest BCUT2D eigenvalue weighted by Gasteiger charge is 2.26. The Balaban J connectivity index is 2.41. The number of hydrogen-bond donors (Lipinski definition) is 2. The summed E-state index contributed by atoms with van der Waals surface area (Å²) < 4.78 is 0. The highest BCUT2D eigenvalue weighted by atomic mass is 32.2. The van der Waals surface area contributed by atoms with Crippen LogP contribution in [0.4, 0.5) is 0 Å². The van der Waals surface area contributed by atoms with E-state index in [1.807, 2.05) is 0 Å². The molecular weight excluding hydrogens is 202 g/mol. The number of carbonyl (C=O) groups is 2. The van der Waals surface area contributed by atoms with Crippen LogP contribution in [0.3, 0.4) is 0 Å². The number of thioether (sulfide) groups is 1. The molecule has 0 aliphatic carbocycles. The third-order valence-corrected chi connectivity index (χ3v) is 3.49. The van der Waals surface area contributed by atoms with E-state index in [1.54, 1.807) is 18.7 Å². The monoisotopic (exact) mass is 217 g/mol. The van der Waals surface area contributed by atoms with Gasteiger partial charge in [0.25, 0.3) is 0 Å². The fraction of sp³-hybridized carbons (Fsp3) is 0.778. The molecule has 1 aliphatic heterocycles. The molecular formula is C9H15NO3S. The van der Waals surface area contributed by atoms with Crippen molar-refractivity contribution in [3.8, 4) is 0 Å². The zero-order chi connectivity index (χ0) is 10.6. The zero-order valence-corrected chi connectivity index (χ0v) is 8.97. The minimum absolute atomic E-state index is 0.00778. The van der Waals surface area contributed by atoms with Gasteiger partial charge < -0.3 is 10.4 Å². The average Bonchev–Trinajstić information content (AvgIpc) is 2.65. The van der Waals surface area contributed by atoms with E-state index in [0.717, 1.165) is 17.9 Å². The van der Waals surface area contributed by atoms with E-state index in [-0.39, 0.29) is 11.8 Å². The van der Waals surface area contributed by atoms with Gasteiger partial charge in [-0.1, -0.05) is 6.92 Å². The van der Waals surface area contributed by atoms with Gasteiger partial charge in [0.05, 0.1) is 0 Å². The van der Waals surface area contributed by atoms with Crippen LogP contribution in [-0.4, -0.2) is 34.5 Å². The molecule has 1 amide bonds. The second-order valence-electron chi connectivity index (χ2n) is 3.37. The summed E-state index contributed by atoms with van der Waals surface area (Å²) in [5.41, 5.74) is 0. The normalized spacial score (nSPS) is 23.1. The van der Waals surface area contributed by atoms with E-state index in [9.17, 15) is 9.59 Å². The van der Waals surface area contributed by atoms with Crippen LogP contribution in [-0.2, 0) is 9.59 Å². The Morgan fingerprint density at radius 2 is 2.36 bits per heavy atom. The summed E-state index contributed by atoms with van der Waals surface area (Å²) in [6.07, 6.45) is 1.30. The summed E-state index contributed by atoms with van der Waals surface area (Å²) in [6.45, 7) is 1.75. The molecule has 0 spiro atoms. The summed E-state index contributed by atoms with van der Waals surface area (Å²) in [5.74, 6) is 0.772. The van der Waals surface area contributed by atoms with Gasteiger partial charge in [-0.3, -0.25) is 4.79 Å². The van der Waals surface area contributed by atoms with Crippen molar-refractivity contribution < 1.29 is 14.7 Å². The number of amides is 1. The first-order valence-corrected chi connectivity index (χ1v) is 5.91. The topological polar surface area (TPSA) is 66.4 Å². The van der Waals surface area contributed by atoms with Gasteiger partial charge in [-0.05, 0) is 18.6 Å². The van der Waals surface area contributed by atoms with Crippen molar-refractivity contribution in [1.82, 2.24) is 5.32 Å². The third-order valence-electron chi connectivity index (χ3n) is 2.32. The highest BCUT2D eigenvalue weighted by molar-refractivity contribution is 7.99. The molecule has 2 N–H and O–H groups in total. The van der Waals surface area contributed by atoms with Crippen LogP contribution in [0, 0.1) is 5.92 Å². The van der Waals surface area contributed by atoms with E-state index in [4.69, 9.17) is 5.11 Å². The number of carbonyl (C=O) groups excluding carboxylic acids is 1. The predicted octanol–water partition coefficient (Wildman–Crippen LogP) is 0.719. The van der Waals surface area contributed by atoms with Gasteiger partial charge >= 0.3 is 5.97 Å². The Morgan fingerprint density at radius 1 is 1.64 bits per heavy atom. The molecule has 1 rings (SSSR count). The van der Waals surface area contributed by atoms with E-state index in [1.165, 1.54) is 0 Å². The fourth-order valence-electron chi connectivity index (χ4n) is 1.37. The van der Waals surface area contributed by atoms with Gasteiger partial charge in [-0.15, -0.1) is 0 Å². The Kier molecular flexibility index (Phi) is 4.25. The van der Waals surface area contributed by atoms with Gasteiger partial charge in [0.1, 0.15) is 6.04 Å². The summed E-state index contributed by atoms with van der Waals surface area (Å²) >= 11 is 1.75. The molecule has 1 unspecified atom stereocenters. The summed E-state index contributed by atoms with van der Waals surface area (Å²) in [7, 11) is 0. The van der Waals surface area contributed by atoms with Crippen LogP contribution >= 0.6 is 11.8 Å². The van der Waals surface area contributed by atoms with Gasteiger partial charge in [0, 0.05) is 11.7 Å². The standard InChI is InChI=1S/C9H15NO3S/c1-2-7(9(12)13)10-8(11)6-3-4-14-5-6/h6-7H,2-5H2,1H3,(H,10,11)(H,12,13)/t6?,7-/m1/s1. The first kappa shape index (κ1) is 11.4. The van der Waals surface area contributed by atoms with Crippen molar-refractivity contribution in [3.63, 3.8) is 0 Å². The molecule has 2 atom stereocenters. The highest BCUT2D eigenvalue weighted by Crippen LogP contribution is 2.23. The lowest BCUT2D eigenvalue weighted by atomic mass is 10.1. The van der Waals surface area contributed by atoms with Gasteiger partial charge in [-0.25, -0.2) is 4.79 Å². The van der Waals surface area contributed by atoms with Crippen LogP contribution in [0.5, 0.6) is 0 Å². The van der Waals surface area contributed by atoms with E-state index in [2.05, 4.69) is 5.32 Å². The lowest BCUT2D eigenvalue weighted by Crippen LogP contribution is -2.43. The van der Waals surface area contributed by atoms with Crippen molar-refractivity contribution in [3.05, 3.63) is 0 Å². The van der Waals surface area contributed by atoms with Crippen molar-refractivity contribution in [2.24, 2.45) is 5.92 Å². The lowest BCUT2D eigenvalue weighted by molar-refractivity contribution is -0.142. The number of carboxylic acid groups (broad SMARTS) is 1. The van der Waals surface area contributed by atoms with Crippen molar-refractivity contribution >= 4 is 23.6 Å². The third kappa shape index (κ3) is 2.90. The molecule has 1 aliphatic rings. The smallest absolute Gasteiger partial charge is 0.326 e. The van der Waals surface area contributed by atoms with Gasteiger partial charge in [0.15, 0.2) is 0 Å². The Bertz CT molecular complexity index is 226. The number of nitrogens with one attached hydrogen (secondary N) is 1. The van der Waals surface area contributed by atoms with E-state index < -0.39 is 12.0 Å². The minimum Gasteiger partial charge on any atom is -0.480 e. The molecule has 4 nitrogen and oxygen atoms in total. The lowest BCUT2D eigenvalue weighted by Gasteiger charge is -2.15. The van der Waals surface area contributed by atoms with Crippen LogP contribution in [0.25, 0.3) is 0 Å². The van der Waals surface area contributed by atoms with Crippen molar-refractivity contribution in [2.45, 2.75) is 25.8 Å². The Morgan fingerprint density at radius 3 is 2.79 bits per heavy atom. The fourth-order valence-corrected chi connectivity index (χ4v) is 2.59. The Hall–Kier alpha value is -0.710. The van der Waals surface area contributed by atoms with Crippen molar-refractivity contribution in [2.75, 3.05) is 11.5 Å². The summed E-state index contributed by atoms with van der Waals surface area (Å²) in [6, 6.07) is -0.729. The molecule has 14 heavy (non-hydrogen) atoms. The molecule has 1 heterocycles. The molecule has 0 aromatic heterocycles. The van der Waals surface area contributed by atoms with Crippen LogP contribution in [0.1, 0.15) is 19.8 Å². The van der Waals surface area contributed by atoms with E-state index >= 15 is 0 Å². The molecule has 0 aromatic rings. The quantitative estimate of drug-likeness (QED) is 0.728. The maximum atomic E-state index is 11.5. The molecule has 0 bridgehead atoms. The first-order valence-electron chi connectivity index (χ1n) is 4.76. The number of aliphatic carboxylic acids is 1. The maximum Gasteiger partial charge on any atom is 0.326 e. The second-order valence-corrected chi connectivity index (χ2v) is 4.52. The van der Waals surface area contributed by atoms with Gasteiger partial charge in [0.2, 0.25) is 5.91 Å². The number of carboxylic acids is 1. The molecule has 1 fully saturated rings. The van der Waals surface area contributed by atoms with Gasteiger partial charge in [-0.2, -0.15) is 11.8 Å². The van der Waals surface area contributed by atoms with Crippen LogP contribution in [0.15, 0.2) is 0 Å². The molecule has 0 saturated carbocycles. The second kappa shape index (κ2) is 5.24. The van der Waals surface area contributed by atoms with E-state index in [0.29, 0.717) is 6.42 Å². The number of rotatable bonds is 4.